The van der Waals surface area contributed by atoms with Crippen molar-refractivity contribution in [3.63, 3.8) is 0 Å². The summed E-state index contributed by atoms with van der Waals surface area (Å²) in [4.78, 5) is 2.21. The Hall–Kier alpha value is -0.780. The lowest BCUT2D eigenvalue weighted by atomic mass is 10.2. The van der Waals surface area contributed by atoms with Crippen LogP contribution in [-0.4, -0.2) is 32.8 Å². The summed E-state index contributed by atoms with van der Waals surface area (Å²) >= 11 is 0. The molecule has 2 rings (SSSR count). The van der Waals surface area contributed by atoms with E-state index < -0.39 is 6.61 Å². The van der Waals surface area contributed by atoms with E-state index in [0.29, 0.717) is 0 Å². The van der Waals surface area contributed by atoms with E-state index in [4.69, 9.17) is 0 Å². The van der Waals surface area contributed by atoms with Gasteiger partial charge in [-0.2, -0.15) is 8.78 Å². The first-order valence-corrected chi connectivity index (χ1v) is 5.26. The van der Waals surface area contributed by atoms with Crippen LogP contribution in [0.25, 0.3) is 0 Å². The van der Waals surface area contributed by atoms with Crippen molar-refractivity contribution in [2.45, 2.75) is 6.61 Å². The molecule has 0 spiro atoms. The molecule has 0 radical (unpaired) electrons. The molecule has 7 heteroatoms. The third-order valence-electron chi connectivity index (χ3n) is 2.54. The van der Waals surface area contributed by atoms with Gasteiger partial charge in [0, 0.05) is 31.9 Å². The highest BCUT2D eigenvalue weighted by molar-refractivity contribution is 5.85. The van der Waals surface area contributed by atoms with Gasteiger partial charge in [-0.15, -0.1) is 24.8 Å². The monoisotopic (exact) mass is 300 g/mol. The van der Waals surface area contributed by atoms with Crippen LogP contribution < -0.4 is 15.0 Å². The maximum Gasteiger partial charge on any atom is 0.387 e. The van der Waals surface area contributed by atoms with Crippen LogP contribution in [0.15, 0.2) is 24.3 Å². The standard InChI is InChI=1S/C11H14F2N2O.2ClH/c12-11(13)16-10-3-1-9(2-4-10)15-7-5-14-6-8-15;;/h1-4,11,14H,5-8H2;2*1H. The molecule has 1 heterocycles. The van der Waals surface area contributed by atoms with E-state index >= 15 is 0 Å². The van der Waals surface area contributed by atoms with Crippen molar-refractivity contribution in [1.82, 2.24) is 5.32 Å². The number of halogens is 4. The third-order valence-corrected chi connectivity index (χ3v) is 2.54. The minimum atomic E-state index is -2.76. The zero-order chi connectivity index (χ0) is 11.4. The van der Waals surface area contributed by atoms with Gasteiger partial charge in [-0.25, -0.2) is 0 Å². The van der Waals surface area contributed by atoms with Crippen molar-refractivity contribution in [2.75, 3.05) is 31.1 Å². The van der Waals surface area contributed by atoms with E-state index in [1.54, 1.807) is 12.1 Å². The maximum atomic E-state index is 11.9. The van der Waals surface area contributed by atoms with Crippen LogP contribution in [-0.2, 0) is 0 Å². The van der Waals surface area contributed by atoms with Crippen molar-refractivity contribution < 1.29 is 13.5 Å². The smallest absolute Gasteiger partial charge is 0.387 e. The number of hydrogen-bond donors (Lipinski definition) is 1. The topological polar surface area (TPSA) is 24.5 Å². The molecule has 0 unspecified atom stereocenters. The molecule has 1 aliphatic rings. The van der Waals surface area contributed by atoms with E-state index in [9.17, 15) is 8.78 Å². The molecule has 104 valence electrons. The van der Waals surface area contributed by atoms with Crippen LogP contribution in [0.2, 0.25) is 0 Å². The molecular weight excluding hydrogens is 285 g/mol. The summed E-state index contributed by atoms with van der Waals surface area (Å²) in [5.41, 5.74) is 1.04. The van der Waals surface area contributed by atoms with E-state index in [1.165, 1.54) is 0 Å². The van der Waals surface area contributed by atoms with Crippen molar-refractivity contribution >= 4 is 30.5 Å². The molecule has 1 saturated heterocycles. The van der Waals surface area contributed by atoms with Gasteiger partial charge in [-0.3, -0.25) is 0 Å². The van der Waals surface area contributed by atoms with Crippen LogP contribution in [0.3, 0.4) is 0 Å². The first-order valence-electron chi connectivity index (χ1n) is 5.26. The molecule has 0 amide bonds. The van der Waals surface area contributed by atoms with E-state index in [1.807, 2.05) is 12.1 Å². The molecule has 18 heavy (non-hydrogen) atoms. The summed E-state index contributed by atoms with van der Waals surface area (Å²) in [5, 5.41) is 3.26. The maximum absolute atomic E-state index is 11.9. The van der Waals surface area contributed by atoms with Gasteiger partial charge >= 0.3 is 6.61 Å². The SMILES string of the molecule is Cl.Cl.FC(F)Oc1ccc(N2CCNCC2)cc1. The largest absolute Gasteiger partial charge is 0.435 e. The lowest BCUT2D eigenvalue weighted by Gasteiger charge is -2.29. The Kier molecular flexibility index (Phi) is 7.98. The summed E-state index contributed by atoms with van der Waals surface area (Å²) < 4.78 is 28.2. The number of hydrogen-bond acceptors (Lipinski definition) is 3. The van der Waals surface area contributed by atoms with Gasteiger partial charge in [0.25, 0.3) is 0 Å². The second-order valence-corrected chi connectivity index (χ2v) is 3.61. The number of nitrogens with zero attached hydrogens (tertiary/aromatic N) is 1. The Morgan fingerprint density at radius 1 is 1.06 bits per heavy atom. The van der Waals surface area contributed by atoms with Gasteiger partial charge < -0.3 is 15.0 Å². The van der Waals surface area contributed by atoms with Gasteiger partial charge in [-0.05, 0) is 24.3 Å². The summed E-state index contributed by atoms with van der Waals surface area (Å²) in [5.74, 6) is 0.203. The zero-order valence-electron chi connectivity index (χ0n) is 9.64. The van der Waals surface area contributed by atoms with Crippen molar-refractivity contribution in [3.8, 4) is 5.75 Å². The van der Waals surface area contributed by atoms with Crippen LogP contribution >= 0.6 is 24.8 Å². The summed E-state index contributed by atoms with van der Waals surface area (Å²) in [7, 11) is 0. The first-order chi connectivity index (χ1) is 7.75. The predicted molar refractivity (Wildman–Crippen MR) is 72.7 cm³/mol. The molecular formula is C11H16Cl2F2N2O. The van der Waals surface area contributed by atoms with Crippen molar-refractivity contribution in [3.05, 3.63) is 24.3 Å². The summed E-state index contributed by atoms with van der Waals surface area (Å²) in [6, 6.07) is 6.76. The molecule has 0 atom stereocenters. The average molecular weight is 301 g/mol. The van der Waals surface area contributed by atoms with Gasteiger partial charge in [-0.1, -0.05) is 0 Å². The molecule has 1 aromatic rings. The molecule has 0 saturated carbocycles. The molecule has 1 aliphatic heterocycles. The minimum Gasteiger partial charge on any atom is -0.435 e. The number of nitrogens with one attached hydrogen (secondary N) is 1. The number of rotatable bonds is 3. The second-order valence-electron chi connectivity index (χ2n) is 3.61. The third kappa shape index (κ3) is 4.84. The number of alkyl halides is 2. The number of benzene rings is 1. The molecule has 3 nitrogen and oxygen atoms in total. The van der Waals surface area contributed by atoms with Gasteiger partial charge in [0.1, 0.15) is 5.75 Å². The summed E-state index contributed by atoms with van der Waals surface area (Å²) in [6.45, 7) is 1.03. The number of anilines is 1. The lowest BCUT2D eigenvalue weighted by molar-refractivity contribution is -0.0498. The first kappa shape index (κ1) is 17.2. The van der Waals surface area contributed by atoms with Crippen molar-refractivity contribution in [2.24, 2.45) is 0 Å². The van der Waals surface area contributed by atoms with Crippen molar-refractivity contribution in [1.29, 1.82) is 0 Å². The Balaban J connectivity index is 0.00000144. The Morgan fingerprint density at radius 2 is 1.61 bits per heavy atom. The van der Waals surface area contributed by atoms with Crippen LogP contribution in [0.4, 0.5) is 14.5 Å². The molecule has 0 aliphatic carbocycles. The molecule has 1 aromatic carbocycles. The van der Waals surface area contributed by atoms with Gasteiger partial charge in [0.05, 0.1) is 0 Å². The quantitative estimate of drug-likeness (QED) is 0.928. The fraction of sp³-hybridized carbons (Fsp3) is 0.455. The minimum absolute atomic E-state index is 0. The normalized spacial score (nSPS) is 14.7. The highest BCUT2D eigenvalue weighted by Crippen LogP contribution is 2.20. The second kappa shape index (κ2) is 8.34. The molecule has 0 aromatic heterocycles. The Morgan fingerprint density at radius 3 is 2.11 bits per heavy atom. The Bertz CT molecular complexity index is 332. The highest BCUT2D eigenvalue weighted by atomic mass is 35.5. The Labute approximate surface area is 117 Å². The van der Waals surface area contributed by atoms with Crippen LogP contribution in [0.5, 0.6) is 5.75 Å². The average Bonchev–Trinajstić information content (AvgIpc) is 2.30. The highest BCUT2D eigenvalue weighted by Gasteiger charge is 2.10. The van der Waals surface area contributed by atoms with E-state index in [2.05, 4.69) is 15.0 Å². The predicted octanol–water partition coefficient (Wildman–Crippen LogP) is 2.54. The van der Waals surface area contributed by atoms with E-state index in [-0.39, 0.29) is 30.6 Å². The molecule has 1 N–H and O–H groups in total. The number of piperazine rings is 1. The van der Waals surface area contributed by atoms with Crippen LogP contribution in [0, 0.1) is 0 Å². The molecule has 1 fully saturated rings. The number of ether oxygens (including phenoxy) is 1. The summed E-state index contributed by atoms with van der Waals surface area (Å²) in [6.07, 6.45) is 0. The van der Waals surface area contributed by atoms with Gasteiger partial charge in [0.15, 0.2) is 0 Å². The van der Waals surface area contributed by atoms with Gasteiger partial charge in [0.2, 0.25) is 0 Å². The van der Waals surface area contributed by atoms with E-state index in [0.717, 1.165) is 31.9 Å². The fourth-order valence-electron chi connectivity index (χ4n) is 1.76. The fourth-order valence-corrected chi connectivity index (χ4v) is 1.76. The lowest BCUT2D eigenvalue weighted by Crippen LogP contribution is -2.43. The zero-order valence-corrected chi connectivity index (χ0v) is 11.3. The molecule has 0 bridgehead atoms. The van der Waals surface area contributed by atoms with Crippen LogP contribution in [0.1, 0.15) is 0 Å².